The van der Waals surface area contributed by atoms with Gasteiger partial charge in [0.2, 0.25) is 5.78 Å². The maximum Gasteiger partial charge on any atom is 0.335 e. The average molecular weight is 872 g/mol. The number of rotatable bonds is 14. The molecule has 3 N–H and O–H groups in total. The summed E-state index contributed by atoms with van der Waals surface area (Å²) in [6.45, 7) is 6.66. The highest BCUT2D eigenvalue weighted by atomic mass is 35.5. The van der Waals surface area contributed by atoms with Gasteiger partial charge in [-0.2, -0.15) is 0 Å². The minimum Gasteiger partial charge on any atom is -0.481 e. The quantitative estimate of drug-likeness (QED) is 0.0951. The molecule has 9 rings (SSSR count). The molecule has 2 aromatic heterocycles. The number of halogens is 1. The van der Waals surface area contributed by atoms with E-state index in [0.717, 1.165) is 129 Å². The van der Waals surface area contributed by atoms with E-state index in [4.69, 9.17) is 21.6 Å². The number of aliphatic carboxylic acids is 1. The first-order chi connectivity index (χ1) is 30.2. The Kier molecular flexibility index (Phi) is 11.4. The first kappa shape index (κ1) is 42.7. The summed E-state index contributed by atoms with van der Waals surface area (Å²) < 4.78 is 3.83. The van der Waals surface area contributed by atoms with Gasteiger partial charge in [-0.25, -0.2) is 14.8 Å². The van der Waals surface area contributed by atoms with Crippen molar-refractivity contribution in [1.82, 2.24) is 28.9 Å². The zero-order chi connectivity index (χ0) is 44.2. The van der Waals surface area contributed by atoms with Crippen LogP contribution in [0.25, 0.3) is 11.1 Å². The van der Waals surface area contributed by atoms with E-state index < -0.39 is 17.4 Å². The Morgan fingerprint density at radius 2 is 1.40 bits per heavy atom. The lowest BCUT2D eigenvalue weighted by molar-refractivity contribution is -0.148. The molecule has 2 aliphatic heterocycles. The summed E-state index contributed by atoms with van der Waals surface area (Å²) in [5.41, 5.74) is 8.69. The van der Waals surface area contributed by atoms with E-state index in [1.165, 1.54) is 0 Å². The van der Waals surface area contributed by atoms with Crippen molar-refractivity contribution in [3.8, 4) is 11.1 Å². The highest BCUT2D eigenvalue weighted by Crippen LogP contribution is 2.63. The Morgan fingerprint density at radius 3 is 2.05 bits per heavy atom. The maximum atomic E-state index is 13.9. The minimum absolute atomic E-state index is 0.0788. The second-order valence-corrected chi connectivity index (χ2v) is 18.8. The number of ketones is 1. The number of benzene rings is 3. The van der Waals surface area contributed by atoms with Crippen LogP contribution in [-0.4, -0.2) is 88.9 Å². The molecule has 2 fully saturated rings. The molecule has 0 spiro atoms. The van der Waals surface area contributed by atoms with E-state index >= 15 is 0 Å². The molecule has 0 saturated heterocycles. The smallest absolute Gasteiger partial charge is 0.335 e. The Morgan fingerprint density at radius 1 is 0.778 bits per heavy atom. The van der Waals surface area contributed by atoms with Crippen LogP contribution in [0.4, 0.5) is 5.69 Å². The molecule has 4 aliphatic rings. The third kappa shape index (κ3) is 8.11. The van der Waals surface area contributed by atoms with Gasteiger partial charge >= 0.3 is 11.9 Å². The summed E-state index contributed by atoms with van der Waals surface area (Å²) >= 11 is 7.11. The zero-order valence-electron chi connectivity index (χ0n) is 36.2. The van der Waals surface area contributed by atoms with E-state index in [0.29, 0.717) is 41.0 Å². The van der Waals surface area contributed by atoms with Crippen molar-refractivity contribution < 1.29 is 29.4 Å². The molecule has 0 radical (unpaired) electrons. The van der Waals surface area contributed by atoms with Crippen molar-refractivity contribution in [2.75, 3.05) is 31.5 Å². The number of carbonyl (C=O) groups is 4. The van der Waals surface area contributed by atoms with Gasteiger partial charge in [0.1, 0.15) is 0 Å². The normalized spacial score (nSPS) is 20.7. The third-order valence-corrected chi connectivity index (χ3v) is 15.2. The van der Waals surface area contributed by atoms with Gasteiger partial charge in [-0.15, -0.1) is 0 Å². The number of hydrogen-bond acceptors (Lipinski definition) is 8. The van der Waals surface area contributed by atoms with Crippen LogP contribution in [0.15, 0.2) is 60.7 Å². The lowest BCUT2D eigenvalue weighted by Gasteiger charge is -2.32. The lowest BCUT2D eigenvalue weighted by Crippen LogP contribution is -2.34. The lowest BCUT2D eigenvalue weighted by atomic mass is 9.80. The van der Waals surface area contributed by atoms with Crippen molar-refractivity contribution in [3.63, 3.8) is 0 Å². The topological polar surface area (TPSA) is 163 Å². The summed E-state index contributed by atoms with van der Waals surface area (Å²) in [4.78, 5) is 65.4. The second-order valence-electron chi connectivity index (χ2n) is 18.4. The van der Waals surface area contributed by atoms with Crippen LogP contribution in [0.5, 0.6) is 0 Å². The molecule has 5 aromatic rings. The fourth-order valence-corrected chi connectivity index (χ4v) is 11.2. The molecule has 4 heterocycles. The number of amides is 1. The van der Waals surface area contributed by atoms with Crippen LogP contribution in [0, 0.1) is 17.8 Å². The van der Waals surface area contributed by atoms with Crippen molar-refractivity contribution in [2.24, 2.45) is 24.9 Å². The van der Waals surface area contributed by atoms with Crippen molar-refractivity contribution in [3.05, 3.63) is 122 Å². The standard InChI is InChI=1S/C49H54ClN7O6/c1-30-34(7-5-9-36(30)53-45(59)44-52-38-28-57(24-16-40(38)55(44)3)25-21-48-17-19-49(29-48,20-18-48)47(62)63)35-8-4-6-33(42(35)50)26-41(58)43-51-37-27-56(23-15-39(37)54(43)2)22-14-31-10-12-32(13-11-31)46(60)61/h4-13H,14-29H2,1-3H3,(H,53,59)(H,60,61)(H,62,63). The average Bonchev–Trinajstić information content (AvgIpc) is 4.04. The molecule has 328 valence electrons. The molecule has 14 heteroatoms. The predicted octanol–water partition coefficient (Wildman–Crippen LogP) is 7.54. The first-order valence-corrected chi connectivity index (χ1v) is 22.4. The summed E-state index contributed by atoms with van der Waals surface area (Å²) in [5, 5.41) is 22.6. The van der Waals surface area contributed by atoms with Crippen LogP contribution in [0.3, 0.4) is 0 Å². The van der Waals surface area contributed by atoms with Gasteiger partial charge < -0.3 is 24.7 Å². The number of carboxylic acid groups (broad SMARTS) is 2. The Balaban J connectivity index is 0.838. The number of fused-ring (bicyclic) bond motifs is 4. The van der Waals surface area contributed by atoms with E-state index in [-0.39, 0.29) is 29.1 Å². The van der Waals surface area contributed by atoms with Gasteiger partial charge in [-0.3, -0.25) is 24.2 Å². The number of carbonyl (C=O) groups excluding carboxylic acids is 2. The molecule has 1 amide bonds. The van der Waals surface area contributed by atoms with Crippen molar-refractivity contribution in [1.29, 1.82) is 0 Å². The van der Waals surface area contributed by atoms with Gasteiger partial charge in [0.25, 0.3) is 5.91 Å². The number of nitrogens with zero attached hydrogens (tertiary/aromatic N) is 6. The van der Waals surface area contributed by atoms with Crippen LogP contribution in [0.2, 0.25) is 5.02 Å². The number of anilines is 1. The minimum atomic E-state index is -0.935. The zero-order valence-corrected chi connectivity index (χ0v) is 36.9. The van der Waals surface area contributed by atoms with Crippen molar-refractivity contribution >= 4 is 40.9 Å². The summed E-state index contributed by atoms with van der Waals surface area (Å²) in [6.07, 6.45) is 7.81. The number of nitrogens with one attached hydrogen (secondary N) is 1. The molecule has 13 nitrogen and oxygen atoms in total. The van der Waals surface area contributed by atoms with Crippen LogP contribution in [-0.2, 0) is 57.7 Å². The predicted molar refractivity (Wildman–Crippen MR) is 239 cm³/mol. The van der Waals surface area contributed by atoms with Gasteiger partial charge in [0, 0.05) is 88.7 Å². The third-order valence-electron chi connectivity index (χ3n) is 14.7. The maximum absolute atomic E-state index is 13.9. The SMILES string of the molecule is Cc1c(NC(=O)c2nc3c(n2C)CCN(CCC24CCC(C(=O)O)(CC2)C4)C3)cccc1-c1cccc(CC(=O)c2nc3c(n2C)CCN(CCc2ccc(C(=O)O)cc2)C3)c1Cl. The van der Waals surface area contributed by atoms with Gasteiger partial charge in [0.15, 0.2) is 11.6 Å². The van der Waals surface area contributed by atoms with E-state index in [2.05, 4.69) is 15.1 Å². The van der Waals surface area contributed by atoms with E-state index in [1.54, 1.807) is 12.1 Å². The number of Topliss-reactive ketones (excluding diaryl/α,β-unsaturated/α-hetero) is 1. The van der Waals surface area contributed by atoms with Crippen LogP contribution >= 0.6 is 11.6 Å². The number of aromatic carboxylic acids is 1. The Bertz CT molecular complexity index is 2640. The highest BCUT2D eigenvalue weighted by Gasteiger charge is 2.57. The molecule has 0 atom stereocenters. The van der Waals surface area contributed by atoms with Gasteiger partial charge in [-0.05, 0) is 104 Å². The molecule has 3 aromatic carbocycles. The number of hydrogen-bond donors (Lipinski definition) is 3. The number of carboxylic acids is 2. The largest absolute Gasteiger partial charge is 0.481 e. The van der Waals surface area contributed by atoms with Crippen LogP contribution in [0.1, 0.15) is 110 Å². The highest BCUT2D eigenvalue weighted by molar-refractivity contribution is 6.34. The molecule has 2 bridgehead atoms. The molecule has 0 unspecified atom stereocenters. The molecular formula is C49H54ClN7O6. The number of aromatic nitrogens is 4. The molecule has 2 aliphatic carbocycles. The fraction of sp³-hybridized carbons (Fsp3) is 0.429. The monoisotopic (exact) mass is 871 g/mol. The molecule has 63 heavy (non-hydrogen) atoms. The first-order valence-electron chi connectivity index (χ1n) is 22.0. The summed E-state index contributed by atoms with van der Waals surface area (Å²) in [7, 11) is 3.80. The Labute approximate surface area is 372 Å². The fourth-order valence-electron chi connectivity index (χ4n) is 10.9. The van der Waals surface area contributed by atoms with E-state index in [9.17, 15) is 29.4 Å². The van der Waals surface area contributed by atoms with Gasteiger partial charge in [-0.1, -0.05) is 54.1 Å². The summed E-state index contributed by atoms with van der Waals surface area (Å²) in [6, 6.07) is 18.4. The van der Waals surface area contributed by atoms with E-state index in [1.807, 2.05) is 78.7 Å². The Hall–Kier alpha value is -5.63. The second kappa shape index (κ2) is 16.8. The van der Waals surface area contributed by atoms with Crippen molar-refractivity contribution in [2.45, 2.75) is 84.2 Å². The number of imidazole rings is 2. The molecular weight excluding hydrogens is 818 g/mol. The molecule has 2 saturated carbocycles. The van der Waals surface area contributed by atoms with Gasteiger partial charge in [0.05, 0.1) is 27.4 Å². The van der Waals surface area contributed by atoms with Crippen LogP contribution < -0.4 is 5.32 Å². The summed E-state index contributed by atoms with van der Waals surface area (Å²) in [5.74, 6) is -1.21.